The van der Waals surface area contributed by atoms with Gasteiger partial charge >= 0.3 is 11.6 Å². The summed E-state index contributed by atoms with van der Waals surface area (Å²) in [5.41, 5.74) is 1.45. The Bertz CT molecular complexity index is 1200. The third-order valence-corrected chi connectivity index (χ3v) is 6.98. The molecule has 0 spiro atoms. The lowest BCUT2D eigenvalue weighted by Crippen LogP contribution is -2.53. The maximum absolute atomic E-state index is 13.7. The molecule has 0 bridgehead atoms. The van der Waals surface area contributed by atoms with Crippen LogP contribution in [0.15, 0.2) is 48.7 Å². The number of anilines is 1. The molecule has 3 heterocycles. The number of rotatable bonds is 7. The van der Waals surface area contributed by atoms with Gasteiger partial charge in [0, 0.05) is 48.8 Å². The summed E-state index contributed by atoms with van der Waals surface area (Å²) in [6.45, 7) is 4.11. The van der Waals surface area contributed by atoms with E-state index in [0.717, 1.165) is 10.4 Å². The van der Waals surface area contributed by atoms with E-state index in [0.29, 0.717) is 24.9 Å². The third-order valence-electron chi connectivity index (χ3n) is 6.98. The number of fused-ring (bicyclic) bond motifs is 1. The first-order valence-electron chi connectivity index (χ1n) is 12.5. The summed E-state index contributed by atoms with van der Waals surface area (Å²) in [6, 6.07) is 9.77. The molecular formula is C27H34N5O5+. The van der Waals surface area contributed by atoms with Crippen molar-refractivity contribution >= 4 is 29.2 Å². The molecule has 0 unspecified atom stereocenters. The number of benzene rings is 1. The average molecular weight is 509 g/mol. The van der Waals surface area contributed by atoms with Crippen molar-refractivity contribution in [2.45, 2.75) is 44.8 Å². The van der Waals surface area contributed by atoms with E-state index in [-0.39, 0.29) is 35.8 Å². The van der Waals surface area contributed by atoms with Crippen LogP contribution in [0.4, 0.5) is 5.69 Å². The first-order valence-corrected chi connectivity index (χ1v) is 12.5. The minimum Gasteiger partial charge on any atom is -0.378 e. The van der Waals surface area contributed by atoms with Crippen LogP contribution in [-0.4, -0.2) is 83.8 Å². The molecule has 0 saturated carbocycles. The highest BCUT2D eigenvalue weighted by Crippen LogP contribution is 2.31. The van der Waals surface area contributed by atoms with Gasteiger partial charge in [0.15, 0.2) is 5.78 Å². The van der Waals surface area contributed by atoms with Crippen molar-refractivity contribution in [3.63, 3.8) is 0 Å². The standard InChI is InChI=1S/C27H33N5O5/c1-17(2)15-20(28-25(34)18-8-10-19(11-9-18)29(3)4)26(35)30-14-12-21-24(30)23(33)16-31(21)27(36)22-7-5-6-13-32(22)37/h5-11,13,17,20-21,24H,12,14-16H2,1-4H3,(H-,28,34,36,37)/p+1/t20-,21+,24-/m0/s1. The number of pyridine rings is 1. The van der Waals surface area contributed by atoms with Crippen LogP contribution < -0.4 is 14.9 Å². The maximum Gasteiger partial charge on any atom is 0.324 e. The van der Waals surface area contributed by atoms with Gasteiger partial charge in [0.2, 0.25) is 12.1 Å². The number of hydrogen-bond donors (Lipinski definition) is 2. The third kappa shape index (κ3) is 5.28. The Hall–Kier alpha value is -3.95. The fourth-order valence-electron chi connectivity index (χ4n) is 5.14. The first-order chi connectivity index (χ1) is 17.6. The SMILES string of the molecule is CC(C)C[C@H](NC(=O)c1ccc(N(C)C)cc1)C(=O)N1CC[C@@H]2[C@H]1C(=O)CN2C(=O)c1cccc[n+]1O. The zero-order valence-electron chi connectivity index (χ0n) is 21.6. The van der Waals surface area contributed by atoms with E-state index in [2.05, 4.69) is 5.32 Å². The number of carbonyl (C=O) groups excluding carboxylic acids is 4. The molecule has 0 aliphatic carbocycles. The van der Waals surface area contributed by atoms with Gasteiger partial charge in [-0.1, -0.05) is 13.8 Å². The lowest BCUT2D eigenvalue weighted by Gasteiger charge is -2.29. The zero-order valence-corrected chi connectivity index (χ0v) is 21.6. The highest BCUT2D eigenvalue weighted by molar-refractivity contribution is 6.02. The number of hydrogen-bond acceptors (Lipinski definition) is 6. The van der Waals surface area contributed by atoms with Gasteiger partial charge in [-0.2, -0.15) is 0 Å². The van der Waals surface area contributed by atoms with Gasteiger partial charge in [-0.3, -0.25) is 24.4 Å². The van der Waals surface area contributed by atoms with E-state index in [1.807, 2.05) is 45.0 Å². The second kappa shape index (κ2) is 10.6. The Morgan fingerprint density at radius 1 is 1.11 bits per heavy atom. The van der Waals surface area contributed by atoms with Crippen molar-refractivity contribution in [1.29, 1.82) is 0 Å². The summed E-state index contributed by atoms with van der Waals surface area (Å²) < 4.78 is 0.733. The molecule has 0 radical (unpaired) electrons. The predicted molar refractivity (Wildman–Crippen MR) is 135 cm³/mol. The van der Waals surface area contributed by atoms with Crippen molar-refractivity contribution in [1.82, 2.24) is 15.1 Å². The lowest BCUT2D eigenvalue weighted by atomic mass is 10.0. The molecular weight excluding hydrogens is 474 g/mol. The van der Waals surface area contributed by atoms with Crippen molar-refractivity contribution in [2.75, 3.05) is 32.1 Å². The molecule has 2 N–H and O–H groups in total. The highest BCUT2D eigenvalue weighted by Gasteiger charge is 2.53. The number of ketones is 1. The lowest BCUT2D eigenvalue weighted by molar-refractivity contribution is -0.906. The number of likely N-dealkylation sites (tertiary alicyclic amines) is 2. The molecule has 1 aromatic carbocycles. The fraction of sp³-hybridized carbons (Fsp3) is 0.444. The molecule has 1 aromatic heterocycles. The van der Waals surface area contributed by atoms with Crippen LogP contribution in [-0.2, 0) is 9.59 Å². The number of Topliss-reactive ketones (excluding diaryl/α,β-unsaturated/α-hetero) is 1. The zero-order chi connectivity index (χ0) is 26.9. The Balaban J connectivity index is 1.51. The molecule has 4 rings (SSSR count). The average Bonchev–Trinajstić information content (AvgIpc) is 3.44. The van der Waals surface area contributed by atoms with Crippen molar-refractivity contribution in [3.05, 3.63) is 59.9 Å². The molecule has 2 fully saturated rings. The van der Waals surface area contributed by atoms with E-state index >= 15 is 0 Å². The smallest absolute Gasteiger partial charge is 0.324 e. The van der Waals surface area contributed by atoms with E-state index < -0.39 is 24.0 Å². The highest BCUT2D eigenvalue weighted by atomic mass is 16.5. The first kappa shape index (κ1) is 26.1. The van der Waals surface area contributed by atoms with Crippen LogP contribution in [0.2, 0.25) is 0 Å². The van der Waals surface area contributed by atoms with Crippen LogP contribution in [0.5, 0.6) is 0 Å². The predicted octanol–water partition coefficient (Wildman–Crippen LogP) is 1.12. The van der Waals surface area contributed by atoms with Crippen LogP contribution in [0.25, 0.3) is 0 Å². The second-order valence-electron chi connectivity index (χ2n) is 10.3. The topological polar surface area (TPSA) is 114 Å². The summed E-state index contributed by atoms with van der Waals surface area (Å²) in [4.78, 5) is 57.7. The number of carbonyl (C=O) groups is 4. The van der Waals surface area contributed by atoms with E-state index in [9.17, 15) is 24.4 Å². The molecule has 3 atom stereocenters. The molecule has 2 saturated heterocycles. The fourth-order valence-corrected chi connectivity index (χ4v) is 5.14. The summed E-state index contributed by atoms with van der Waals surface area (Å²) >= 11 is 0. The van der Waals surface area contributed by atoms with Crippen molar-refractivity contribution in [3.8, 4) is 0 Å². The van der Waals surface area contributed by atoms with Gasteiger partial charge < -0.3 is 20.0 Å². The molecule has 2 aliphatic heterocycles. The van der Waals surface area contributed by atoms with E-state index in [4.69, 9.17) is 0 Å². The normalized spacial score (nSPS) is 19.6. The van der Waals surface area contributed by atoms with Gasteiger partial charge in [-0.05, 0) is 49.1 Å². The molecule has 10 nitrogen and oxygen atoms in total. The molecule has 2 aromatic rings. The van der Waals surface area contributed by atoms with Crippen molar-refractivity contribution < 1.29 is 29.1 Å². The monoisotopic (exact) mass is 508 g/mol. The molecule has 37 heavy (non-hydrogen) atoms. The molecule has 196 valence electrons. The Morgan fingerprint density at radius 2 is 1.81 bits per heavy atom. The quantitative estimate of drug-likeness (QED) is 0.428. The van der Waals surface area contributed by atoms with Gasteiger partial charge in [0.05, 0.1) is 12.6 Å². The number of nitrogens with one attached hydrogen (secondary N) is 1. The van der Waals surface area contributed by atoms with Gasteiger partial charge in [-0.15, -0.1) is 0 Å². The number of aromatic nitrogens is 1. The number of nitrogens with zero attached hydrogens (tertiary/aromatic N) is 4. The van der Waals surface area contributed by atoms with Gasteiger partial charge in [0.1, 0.15) is 12.1 Å². The van der Waals surface area contributed by atoms with Gasteiger partial charge in [0.25, 0.3) is 5.91 Å². The minimum absolute atomic E-state index is 0.0472. The molecule has 3 amide bonds. The second-order valence-corrected chi connectivity index (χ2v) is 10.3. The summed E-state index contributed by atoms with van der Waals surface area (Å²) in [5.74, 6) is -1.24. The number of amides is 3. The molecule has 10 heteroatoms. The van der Waals surface area contributed by atoms with Crippen molar-refractivity contribution in [2.24, 2.45) is 5.92 Å². The maximum atomic E-state index is 13.7. The largest absolute Gasteiger partial charge is 0.378 e. The summed E-state index contributed by atoms with van der Waals surface area (Å²) in [6.07, 6.45) is 2.21. The van der Waals surface area contributed by atoms with Crippen LogP contribution in [0, 0.1) is 5.92 Å². The van der Waals surface area contributed by atoms with Crippen LogP contribution in [0.1, 0.15) is 47.5 Å². The Kier molecular flexibility index (Phi) is 7.47. The van der Waals surface area contributed by atoms with E-state index in [1.54, 1.807) is 24.3 Å². The van der Waals surface area contributed by atoms with E-state index in [1.165, 1.54) is 22.1 Å². The summed E-state index contributed by atoms with van der Waals surface area (Å²) in [7, 11) is 3.83. The molecule has 2 aliphatic rings. The Morgan fingerprint density at radius 3 is 2.43 bits per heavy atom. The Labute approximate surface area is 216 Å². The van der Waals surface area contributed by atoms with Crippen LogP contribution in [0.3, 0.4) is 0 Å². The van der Waals surface area contributed by atoms with Gasteiger partial charge in [-0.25, -0.2) is 0 Å². The summed E-state index contributed by atoms with van der Waals surface area (Å²) in [5, 5.41) is 12.9. The minimum atomic E-state index is -0.800. The van der Waals surface area contributed by atoms with Crippen LogP contribution >= 0.6 is 0 Å².